The Balaban J connectivity index is 1.33. The van der Waals surface area contributed by atoms with Crippen LogP contribution in [0.15, 0.2) is 65.6 Å². The van der Waals surface area contributed by atoms with Gasteiger partial charge in [-0.1, -0.05) is 23.7 Å². The molecule has 10 heteroatoms. The van der Waals surface area contributed by atoms with Gasteiger partial charge in [-0.05, 0) is 71.1 Å². The van der Waals surface area contributed by atoms with Crippen molar-refractivity contribution in [3.05, 3.63) is 71.5 Å². The number of pyridine rings is 1. The standard InChI is InChI=1S/C26H24ClN3O5S/c1-34-20-5-3-16-4-7-22(14-17(16)12-20)36(32,33)29-24-9-10-30(26(24)31)15-19-11-18-13-21(35-2)6-8-23(18)25(27)28-19/h3-8,11-14,24,29H,9-10,15H2,1-2H3/t24-/m0/s1. The summed E-state index contributed by atoms with van der Waals surface area (Å²) in [4.78, 5) is 19.2. The van der Waals surface area contributed by atoms with E-state index in [-0.39, 0.29) is 17.3 Å². The first kappa shape index (κ1) is 24.3. The van der Waals surface area contributed by atoms with Crippen LogP contribution in [0.25, 0.3) is 21.5 Å². The van der Waals surface area contributed by atoms with E-state index in [1.165, 1.54) is 6.07 Å². The fourth-order valence-electron chi connectivity index (χ4n) is 4.41. The van der Waals surface area contributed by atoms with E-state index in [1.54, 1.807) is 37.3 Å². The van der Waals surface area contributed by atoms with Gasteiger partial charge in [-0.2, -0.15) is 4.72 Å². The van der Waals surface area contributed by atoms with Crippen LogP contribution < -0.4 is 14.2 Å². The first-order valence-electron chi connectivity index (χ1n) is 11.3. The van der Waals surface area contributed by atoms with Crippen LogP contribution in [-0.4, -0.2) is 51.0 Å². The second-order valence-corrected chi connectivity index (χ2v) is 10.7. The molecule has 1 aliphatic heterocycles. The number of ether oxygens (including phenoxy) is 2. The zero-order valence-electron chi connectivity index (χ0n) is 19.7. The smallest absolute Gasteiger partial charge is 0.241 e. The predicted octanol–water partition coefficient (Wildman–Crippen LogP) is 4.14. The summed E-state index contributed by atoms with van der Waals surface area (Å²) in [5.74, 6) is 1.02. The summed E-state index contributed by atoms with van der Waals surface area (Å²) in [6.07, 6.45) is 0.356. The molecule has 8 nitrogen and oxygen atoms in total. The number of fused-ring (bicyclic) bond motifs is 2. The number of carbonyl (C=O) groups excluding carboxylic acids is 1. The van der Waals surface area contributed by atoms with E-state index in [2.05, 4.69) is 9.71 Å². The molecule has 1 saturated heterocycles. The van der Waals surface area contributed by atoms with Crippen LogP contribution in [0.1, 0.15) is 12.1 Å². The highest BCUT2D eigenvalue weighted by Crippen LogP contribution is 2.28. The monoisotopic (exact) mass is 525 g/mol. The minimum absolute atomic E-state index is 0.0893. The second kappa shape index (κ2) is 9.57. The number of carbonyl (C=O) groups is 1. The van der Waals surface area contributed by atoms with Gasteiger partial charge >= 0.3 is 0 Å². The Morgan fingerprint density at radius 2 is 1.67 bits per heavy atom. The minimum Gasteiger partial charge on any atom is -0.497 e. The van der Waals surface area contributed by atoms with Gasteiger partial charge < -0.3 is 14.4 Å². The Morgan fingerprint density at radius 1 is 0.972 bits per heavy atom. The van der Waals surface area contributed by atoms with Crippen LogP contribution in [0.3, 0.4) is 0 Å². The molecule has 4 aromatic rings. The normalized spacial score (nSPS) is 16.1. The Labute approximate surface area is 213 Å². The van der Waals surface area contributed by atoms with Crippen LogP contribution in [0.5, 0.6) is 11.5 Å². The quantitative estimate of drug-likeness (QED) is 0.364. The number of aromatic nitrogens is 1. The highest BCUT2D eigenvalue weighted by molar-refractivity contribution is 7.89. The molecule has 3 aromatic carbocycles. The number of hydrogen-bond donors (Lipinski definition) is 1. The van der Waals surface area contributed by atoms with Gasteiger partial charge in [-0.25, -0.2) is 13.4 Å². The largest absolute Gasteiger partial charge is 0.497 e. The summed E-state index contributed by atoms with van der Waals surface area (Å²) >= 11 is 6.37. The van der Waals surface area contributed by atoms with Crippen molar-refractivity contribution in [2.45, 2.75) is 23.9 Å². The molecule has 1 aliphatic rings. The van der Waals surface area contributed by atoms with E-state index in [1.807, 2.05) is 36.4 Å². The number of rotatable bonds is 7. The van der Waals surface area contributed by atoms with Gasteiger partial charge in [0.1, 0.15) is 22.7 Å². The SMILES string of the molecule is COc1ccc2ccc(S(=O)(=O)N[C@H]3CCN(Cc4cc5cc(OC)ccc5c(Cl)n4)C3=O)cc2c1. The molecule has 1 N–H and O–H groups in total. The highest BCUT2D eigenvalue weighted by atomic mass is 35.5. The number of nitrogens with one attached hydrogen (secondary N) is 1. The number of amides is 1. The van der Waals surface area contributed by atoms with Gasteiger partial charge in [-0.3, -0.25) is 4.79 Å². The number of sulfonamides is 1. The van der Waals surface area contributed by atoms with Gasteiger partial charge in [0.15, 0.2) is 0 Å². The van der Waals surface area contributed by atoms with Crippen molar-refractivity contribution in [1.82, 2.24) is 14.6 Å². The van der Waals surface area contributed by atoms with Crippen molar-refractivity contribution >= 4 is 49.1 Å². The molecule has 2 heterocycles. The topological polar surface area (TPSA) is 97.8 Å². The summed E-state index contributed by atoms with van der Waals surface area (Å²) in [6, 6.07) is 16.8. The summed E-state index contributed by atoms with van der Waals surface area (Å²) in [5.41, 5.74) is 0.612. The van der Waals surface area contributed by atoms with Crippen molar-refractivity contribution < 1.29 is 22.7 Å². The molecule has 186 valence electrons. The average molecular weight is 526 g/mol. The van der Waals surface area contributed by atoms with Gasteiger partial charge in [0.2, 0.25) is 15.9 Å². The maximum absolute atomic E-state index is 13.1. The maximum Gasteiger partial charge on any atom is 0.241 e. The Hall–Kier alpha value is -3.40. The summed E-state index contributed by atoms with van der Waals surface area (Å²) < 4.78 is 39.3. The lowest BCUT2D eigenvalue weighted by Gasteiger charge is -2.18. The van der Waals surface area contributed by atoms with E-state index in [0.717, 1.165) is 21.5 Å². The average Bonchev–Trinajstić information content (AvgIpc) is 3.20. The molecule has 0 aliphatic carbocycles. The molecular weight excluding hydrogens is 502 g/mol. The van der Waals surface area contributed by atoms with Crippen molar-refractivity contribution in [2.75, 3.05) is 20.8 Å². The first-order valence-corrected chi connectivity index (χ1v) is 13.2. The van der Waals surface area contributed by atoms with Gasteiger partial charge in [-0.15, -0.1) is 0 Å². The molecule has 36 heavy (non-hydrogen) atoms. The zero-order chi connectivity index (χ0) is 25.4. The van der Waals surface area contributed by atoms with Gasteiger partial charge in [0.25, 0.3) is 0 Å². The Kier molecular flexibility index (Phi) is 6.46. The van der Waals surface area contributed by atoms with E-state index in [9.17, 15) is 13.2 Å². The third-order valence-electron chi connectivity index (χ3n) is 6.32. The molecule has 1 fully saturated rings. The number of hydrogen-bond acceptors (Lipinski definition) is 6. The van der Waals surface area contributed by atoms with Crippen molar-refractivity contribution in [3.8, 4) is 11.5 Å². The lowest BCUT2D eigenvalue weighted by molar-refractivity contribution is -0.129. The Morgan fingerprint density at radius 3 is 2.42 bits per heavy atom. The van der Waals surface area contributed by atoms with Gasteiger partial charge in [0, 0.05) is 11.9 Å². The lowest BCUT2D eigenvalue weighted by atomic mass is 10.1. The Bertz CT molecular complexity index is 1590. The second-order valence-electron chi connectivity index (χ2n) is 8.59. The number of methoxy groups -OCH3 is 2. The van der Waals surface area contributed by atoms with Crippen LogP contribution in [0.4, 0.5) is 0 Å². The lowest BCUT2D eigenvalue weighted by Crippen LogP contribution is -2.41. The maximum atomic E-state index is 13.1. The van der Waals surface area contributed by atoms with Crippen molar-refractivity contribution in [3.63, 3.8) is 0 Å². The van der Waals surface area contributed by atoms with Crippen LogP contribution in [0, 0.1) is 0 Å². The van der Waals surface area contributed by atoms with Crippen molar-refractivity contribution in [2.24, 2.45) is 0 Å². The number of likely N-dealkylation sites (tertiary alicyclic amines) is 1. The molecule has 1 atom stereocenters. The molecule has 5 rings (SSSR count). The van der Waals surface area contributed by atoms with E-state index in [4.69, 9.17) is 21.1 Å². The highest BCUT2D eigenvalue weighted by Gasteiger charge is 2.35. The molecule has 1 amide bonds. The molecule has 0 radical (unpaired) electrons. The predicted molar refractivity (Wildman–Crippen MR) is 138 cm³/mol. The van der Waals surface area contributed by atoms with Gasteiger partial charge in [0.05, 0.1) is 31.4 Å². The number of halogens is 1. The first-order chi connectivity index (χ1) is 17.3. The zero-order valence-corrected chi connectivity index (χ0v) is 21.3. The van der Waals surface area contributed by atoms with Crippen LogP contribution in [0.2, 0.25) is 5.15 Å². The van der Waals surface area contributed by atoms with Crippen LogP contribution >= 0.6 is 11.6 Å². The molecular formula is C26H24ClN3O5S. The summed E-state index contributed by atoms with van der Waals surface area (Å²) in [7, 11) is -0.775. The van der Waals surface area contributed by atoms with E-state index < -0.39 is 16.1 Å². The molecule has 0 bridgehead atoms. The molecule has 0 unspecified atom stereocenters. The third-order valence-corrected chi connectivity index (χ3v) is 8.08. The number of nitrogens with zero attached hydrogens (tertiary/aromatic N) is 2. The molecule has 0 saturated carbocycles. The fourth-order valence-corrected chi connectivity index (χ4v) is 5.95. The van der Waals surface area contributed by atoms with E-state index in [0.29, 0.717) is 35.3 Å². The molecule has 1 aromatic heterocycles. The summed E-state index contributed by atoms with van der Waals surface area (Å²) in [5, 5.41) is 3.58. The van der Waals surface area contributed by atoms with Crippen LogP contribution in [-0.2, 0) is 21.4 Å². The fraction of sp³-hybridized carbons (Fsp3) is 0.231. The minimum atomic E-state index is -3.92. The van der Waals surface area contributed by atoms with E-state index >= 15 is 0 Å². The third kappa shape index (κ3) is 4.69. The van der Waals surface area contributed by atoms with Crippen molar-refractivity contribution in [1.29, 1.82) is 0 Å². The number of benzene rings is 3. The molecule has 0 spiro atoms. The summed E-state index contributed by atoms with van der Waals surface area (Å²) in [6.45, 7) is 0.621.